The number of hydrogen-bond acceptors (Lipinski definition) is 2. The Bertz CT molecular complexity index is 240. The Balaban J connectivity index is 2.64. The molecule has 1 aromatic rings. The fourth-order valence-electron chi connectivity index (χ4n) is 1.23. The normalized spacial score (nSPS) is 10.6. The molecule has 1 heterocycles. The minimum Gasteiger partial charge on any atom is -0.335 e. The lowest BCUT2D eigenvalue weighted by Gasteiger charge is -2.01. The molecule has 0 aliphatic carbocycles. The molecule has 1 rings (SSSR count). The fourth-order valence-corrected chi connectivity index (χ4v) is 1.23. The average molecular weight is 167 g/mol. The third-order valence-corrected chi connectivity index (χ3v) is 1.99. The van der Waals surface area contributed by atoms with Crippen molar-refractivity contribution in [1.29, 1.82) is 0 Å². The largest absolute Gasteiger partial charge is 0.335 e. The standard InChI is InChI=1S/C9H17N3/c1-3-9-7-12(6-4-5-10)8(2)11-9/h7H,3-6,10H2,1-2H3. The van der Waals surface area contributed by atoms with E-state index in [4.69, 9.17) is 5.73 Å². The summed E-state index contributed by atoms with van der Waals surface area (Å²) in [6.07, 6.45) is 4.15. The molecule has 0 spiro atoms. The van der Waals surface area contributed by atoms with Gasteiger partial charge >= 0.3 is 0 Å². The molecule has 12 heavy (non-hydrogen) atoms. The predicted octanol–water partition coefficient (Wildman–Crippen LogP) is 1.10. The summed E-state index contributed by atoms with van der Waals surface area (Å²) in [6.45, 7) is 5.90. The highest BCUT2D eigenvalue weighted by atomic mass is 15.1. The summed E-state index contributed by atoms with van der Waals surface area (Å²) in [5, 5.41) is 0. The maximum Gasteiger partial charge on any atom is 0.105 e. The van der Waals surface area contributed by atoms with Crippen molar-refractivity contribution in [2.45, 2.75) is 33.2 Å². The van der Waals surface area contributed by atoms with Gasteiger partial charge < -0.3 is 10.3 Å². The van der Waals surface area contributed by atoms with E-state index in [1.54, 1.807) is 0 Å². The molecule has 3 heteroatoms. The molecule has 0 aliphatic rings. The van der Waals surface area contributed by atoms with Crippen LogP contribution in [-0.2, 0) is 13.0 Å². The first-order valence-electron chi connectivity index (χ1n) is 4.50. The number of hydrogen-bond donors (Lipinski definition) is 1. The first kappa shape index (κ1) is 9.26. The lowest BCUT2D eigenvalue weighted by atomic mass is 10.4. The Hall–Kier alpha value is -0.830. The van der Waals surface area contributed by atoms with Gasteiger partial charge in [0.15, 0.2) is 0 Å². The Morgan fingerprint density at radius 2 is 2.33 bits per heavy atom. The van der Waals surface area contributed by atoms with Crippen LogP contribution in [0.25, 0.3) is 0 Å². The molecule has 0 aliphatic heterocycles. The van der Waals surface area contributed by atoms with Gasteiger partial charge in [-0.2, -0.15) is 0 Å². The number of rotatable bonds is 4. The molecule has 0 fully saturated rings. The Labute approximate surface area is 73.6 Å². The summed E-state index contributed by atoms with van der Waals surface area (Å²) in [5.41, 5.74) is 6.60. The van der Waals surface area contributed by atoms with Crippen molar-refractivity contribution in [2.24, 2.45) is 5.73 Å². The zero-order chi connectivity index (χ0) is 8.97. The maximum atomic E-state index is 5.43. The van der Waals surface area contributed by atoms with Crippen LogP contribution in [0.15, 0.2) is 6.20 Å². The van der Waals surface area contributed by atoms with Gasteiger partial charge in [-0.15, -0.1) is 0 Å². The van der Waals surface area contributed by atoms with Crippen LogP contribution in [0.2, 0.25) is 0 Å². The molecular formula is C9H17N3. The van der Waals surface area contributed by atoms with E-state index in [0.717, 1.165) is 31.8 Å². The molecule has 68 valence electrons. The first-order valence-corrected chi connectivity index (χ1v) is 4.50. The van der Waals surface area contributed by atoms with Crippen molar-refractivity contribution in [2.75, 3.05) is 6.54 Å². The molecule has 0 radical (unpaired) electrons. The topological polar surface area (TPSA) is 43.8 Å². The second-order valence-electron chi connectivity index (χ2n) is 2.97. The first-order chi connectivity index (χ1) is 5.77. The van der Waals surface area contributed by atoms with E-state index in [-0.39, 0.29) is 0 Å². The number of nitrogens with two attached hydrogens (primary N) is 1. The second-order valence-corrected chi connectivity index (χ2v) is 2.97. The van der Waals surface area contributed by atoms with Crippen molar-refractivity contribution in [3.63, 3.8) is 0 Å². The Morgan fingerprint density at radius 1 is 1.58 bits per heavy atom. The number of aryl methyl sites for hydroxylation is 3. The van der Waals surface area contributed by atoms with E-state index in [9.17, 15) is 0 Å². The van der Waals surface area contributed by atoms with Crippen molar-refractivity contribution in [1.82, 2.24) is 9.55 Å². The van der Waals surface area contributed by atoms with Crippen LogP contribution < -0.4 is 5.73 Å². The zero-order valence-corrected chi connectivity index (χ0v) is 7.88. The Kier molecular flexibility index (Phi) is 3.29. The molecule has 1 aromatic heterocycles. The molecule has 0 aromatic carbocycles. The van der Waals surface area contributed by atoms with Gasteiger partial charge in [0.25, 0.3) is 0 Å². The van der Waals surface area contributed by atoms with Gasteiger partial charge in [0.2, 0.25) is 0 Å². The molecule has 0 saturated heterocycles. The van der Waals surface area contributed by atoms with E-state index in [1.807, 2.05) is 6.92 Å². The minimum absolute atomic E-state index is 0.749. The monoisotopic (exact) mass is 167 g/mol. The molecule has 0 bridgehead atoms. The SMILES string of the molecule is CCc1cn(CCCN)c(C)n1. The van der Waals surface area contributed by atoms with Crippen LogP contribution in [0.5, 0.6) is 0 Å². The molecule has 0 saturated carbocycles. The van der Waals surface area contributed by atoms with E-state index in [0.29, 0.717) is 0 Å². The van der Waals surface area contributed by atoms with Gasteiger partial charge in [-0.05, 0) is 26.3 Å². The molecule has 3 nitrogen and oxygen atoms in total. The van der Waals surface area contributed by atoms with E-state index in [2.05, 4.69) is 22.7 Å². The molecular weight excluding hydrogens is 150 g/mol. The third kappa shape index (κ3) is 2.08. The highest BCUT2D eigenvalue weighted by molar-refractivity contribution is 5.02. The second kappa shape index (κ2) is 4.26. The van der Waals surface area contributed by atoms with Crippen LogP contribution in [0.4, 0.5) is 0 Å². The smallest absolute Gasteiger partial charge is 0.105 e. The van der Waals surface area contributed by atoms with Gasteiger partial charge in [-0.3, -0.25) is 0 Å². The van der Waals surface area contributed by atoms with Crippen LogP contribution in [-0.4, -0.2) is 16.1 Å². The molecule has 2 N–H and O–H groups in total. The summed E-state index contributed by atoms with van der Waals surface area (Å²) in [7, 11) is 0. The lowest BCUT2D eigenvalue weighted by Crippen LogP contribution is -2.06. The molecule has 0 unspecified atom stereocenters. The highest BCUT2D eigenvalue weighted by Gasteiger charge is 2.00. The van der Waals surface area contributed by atoms with Gasteiger partial charge in [0, 0.05) is 12.7 Å². The number of imidazole rings is 1. The highest BCUT2D eigenvalue weighted by Crippen LogP contribution is 2.03. The van der Waals surface area contributed by atoms with E-state index in [1.165, 1.54) is 5.69 Å². The van der Waals surface area contributed by atoms with Crippen LogP contribution in [0, 0.1) is 6.92 Å². The zero-order valence-electron chi connectivity index (χ0n) is 7.88. The quantitative estimate of drug-likeness (QED) is 0.730. The summed E-state index contributed by atoms with van der Waals surface area (Å²) in [5.74, 6) is 1.10. The molecule has 0 amide bonds. The third-order valence-electron chi connectivity index (χ3n) is 1.99. The van der Waals surface area contributed by atoms with Crippen molar-refractivity contribution in [3.8, 4) is 0 Å². The lowest BCUT2D eigenvalue weighted by molar-refractivity contribution is 0.633. The van der Waals surface area contributed by atoms with Crippen molar-refractivity contribution >= 4 is 0 Å². The van der Waals surface area contributed by atoms with Gasteiger partial charge in [-0.25, -0.2) is 4.98 Å². The minimum atomic E-state index is 0.749. The predicted molar refractivity (Wildman–Crippen MR) is 50.0 cm³/mol. The van der Waals surface area contributed by atoms with Crippen LogP contribution >= 0.6 is 0 Å². The van der Waals surface area contributed by atoms with Crippen molar-refractivity contribution in [3.05, 3.63) is 17.7 Å². The summed E-state index contributed by atoms with van der Waals surface area (Å²) < 4.78 is 2.17. The number of nitrogens with zero attached hydrogens (tertiary/aromatic N) is 2. The van der Waals surface area contributed by atoms with E-state index >= 15 is 0 Å². The summed E-state index contributed by atoms with van der Waals surface area (Å²) in [4.78, 5) is 4.40. The van der Waals surface area contributed by atoms with Gasteiger partial charge in [0.05, 0.1) is 5.69 Å². The Morgan fingerprint density at radius 3 is 2.83 bits per heavy atom. The average Bonchev–Trinajstić information content (AvgIpc) is 2.43. The summed E-state index contributed by atoms with van der Waals surface area (Å²) >= 11 is 0. The fraction of sp³-hybridized carbons (Fsp3) is 0.667. The van der Waals surface area contributed by atoms with Gasteiger partial charge in [-0.1, -0.05) is 6.92 Å². The van der Waals surface area contributed by atoms with E-state index < -0.39 is 0 Å². The summed E-state index contributed by atoms with van der Waals surface area (Å²) in [6, 6.07) is 0. The number of aromatic nitrogens is 2. The van der Waals surface area contributed by atoms with Gasteiger partial charge in [0.1, 0.15) is 5.82 Å². The maximum absolute atomic E-state index is 5.43. The van der Waals surface area contributed by atoms with Crippen molar-refractivity contribution < 1.29 is 0 Å². The van der Waals surface area contributed by atoms with Crippen LogP contribution in [0.1, 0.15) is 24.9 Å². The van der Waals surface area contributed by atoms with Crippen LogP contribution in [0.3, 0.4) is 0 Å². The molecule has 0 atom stereocenters.